The van der Waals surface area contributed by atoms with Gasteiger partial charge in [-0.3, -0.25) is 14.7 Å². The summed E-state index contributed by atoms with van der Waals surface area (Å²) >= 11 is 0. The molecule has 2 aromatic rings. The van der Waals surface area contributed by atoms with Gasteiger partial charge in [0.2, 0.25) is 5.91 Å². The molecule has 5 heteroatoms. The molecule has 2 heterocycles. The molecule has 1 fully saturated rings. The molecular weight excluding hydrogens is 278 g/mol. The summed E-state index contributed by atoms with van der Waals surface area (Å²) in [6.07, 6.45) is 2.88. The molecule has 3 rings (SSSR count). The maximum atomic E-state index is 11.6. The van der Waals surface area contributed by atoms with Crippen LogP contribution < -0.4 is 0 Å². The Labute approximate surface area is 130 Å². The Bertz CT molecular complexity index is 674. The van der Waals surface area contributed by atoms with Crippen LogP contribution in [-0.2, 0) is 11.3 Å². The summed E-state index contributed by atoms with van der Waals surface area (Å²) in [6.45, 7) is 2.23. The monoisotopic (exact) mass is 299 g/mol. The number of hydrogen-bond donors (Lipinski definition) is 1. The second-order valence-corrected chi connectivity index (χ2v) is 5.88. The molecule has 1 aliphatic rings. The average Bonchev–Trinajstić information content (AvgIpc) is 3.01. The van der Waals surface area contributed by atoms with Gasteiger partial charge in [0.05, 0.1) is 5.52 Å². The maximum absolute atomic E-state index is 11.6. The molecule has 1 aromatic carbocycles. The quantitative estimate of drug-likeness (QED) is 0.923. The van der Waals surface area contributed by atoms with Gasteiger partial charge < -0.3 is 10.0 Å². The Morgan fingerprint density at radius 3 is 3.09 bits per heavy atom. The van der Waals surface area contributed by atoms with Crippen LogP contribution in [0.2, 0.25) is 0 Å². The molecule has 1 saturated heterocycles. The Morgan fingerprint density at radius 1 is 1.45 bits per heavy atom. The first-order valence-electron chi connectivity index (χ1n) is 7.60. The molecule has 1 amide bonds. The molecule has 22 heavy (non-hydrogen) atoms. The molecule has 0 saturated carbocycles. The zero-order valence-electron chi connectivity index (χ0n) is 12.8. The van der Waals surface area contributed by atoms with Crippen LogP contribution in [0.3, 0.4) is 0 Å². The Morgan fingerprint density at radius 2 is 2.27 bits per heavy atom. The topological polar surface area (TPSA) is 56.7 Å². The largest absolute Gasteiger partial charge is 0.387 e. The summed E-state index contributed by atoms with van der Waals surface area (Å²) in [4.78, 5) is 20.0. The zero-order chi connectivity index (χ0) is 15.5. The van der Waals surface area contributed by atoms with E-state index in [1.54, 1.807) is 11.9 Å². The minimum Gasteiger partial charge on any atom is -0.387 e. The van der Waals surface area contributed by atoms with Crippen molar-refractivity contribution in [3.63, 3.8) is 0 Å². The highest BCUT2D eigenvalue weighted by atomic mass is 16.3. The molecule has 0 spiro atoms. The second-order valence-electron chi connectivity index (χ2n) is 5.88. The van der Waals surface area contributed by atoms with Crippen LogP contribution in [0.5, 0.6) is 0 Å². The van der Waals surface area contributed by atoms with E-state index >= 15 is 0 Å². The van der Waals surface area contributed by atoms with Gasteiger partial charge >= 0.3 is 0 Å². The normalized spacial score (nSPS) is 18.7. The number of carbonyl (C=O) groups excluding carboxylic acids is 1. The van der Waals surface area contributed by atoms with E-state index in [0.717, 1.165) is 37.0 Å². The summed E-state index contributed by atoms with van der Waals surface area (Å²) < 4.78 is 0. The molecular formula is C17H21N3O2. The number of likely N-dealkylation sites (N-methyl/N-ethyl adjacent to an activating group) is 1. The third-order valence-electron chi connectivity index (χ3n) is 4.38. The molecule has 1 atom stereocenters. The summed E-state index contributed by atoms with van der Waals surface area (Å²) in [7, 11) is 1.77. The number of para-hydroxylation sites is 1. The second kappa shape index (κ2) is 6.42. The SMILES string of the molecule is CN(C(=O)CO)C1CCN(Cc2cnc3ccccc3c2)C1. The minimum atomic E-state index is -0.415. The van der Waals surface area contributed by atoms with Gasteiger partial charge in [0.15, 0.2) is 0 Å². The van der Waals surface area contributed by atoms with Crippen molar-refractivity contribution in [2.75, 3.05) is 26.7 Å². The summed E-state index contributed by atoms with van der Waals surface area (Å²) in [5.74, 6) is -0.209. The van der Waals surface area contributed by atoms with Gasteiger partial charge in [-0.15, -0.1) is 0 Å². The van der Waals surface area contributed by atoms with Crippen LogP contribution in [0.1, 0.15) is 12.0 Å². The summed E-state index contributed by atoms with van der Waals surface area (Å²) in [6, 6.07) is 10.5. The lowest BCUT2D eigenvalue weighted by molar-refractivity contribution is -0.134. The average molecular weight is 299 g/mol. The van der Waals surface area contributed by atoms with Gasteiger partial charge in [-0.1, -0.05) is 18.2 Å². The molecule has 1 unspecified atom stereocenters. The fraction of sp³-hybridized carbons (Fsp3) is 0.412. The van der Waals surface area contributed by atoms with Crippen molar-refractivity contribution in [2.24, 2.45) is 0 Å². The molecule has 0 aliphatic carbocycles. The molecule has 116 valence electrons. The van der Waals surface area contributed by atoms with E-state index in [-0.39, 0.29) is 11.9 Å². The molecule has 1 N–H and O–H groups in total. The highest BCUT2D eigenvalue weighted by molar-refractivity contribution is 5.78. The molecule has 5 nitrogen and oxygen atoms in total. The number of hydrogen-bond acceptors (Lipinski definition) is 4. The van der Waals surface area contributed by atoms with Crippen molar-refractivity contribution in [1.29, 1.82) is 0 Å². The van der Waals surface area contributed by atoms with Gasteiger partial charge in [0.25, 0.3) is 0 Å². The maximum Gasteiger partial charge on any atom is 0.248 e. The first kappa shape index (κ1) is 14.9. The number of aromatic nitrogens is 1. The standard InChI is InChI=1S/C17H21N3O2/c1-19(17(22)12-21)15-6-7-20(11-15)10-13-8-14-4-2-3-5-16(14)18-9-13/h2-5,8-9,15,21H,6-7,10-12H2,1H3. The number of pyridine rings is 1. The molecule has 1 aliphatic heterocycles. The number of nitrogens with zero attached hydrogens (tertiary/aromatic N) is 3. The third kappa shape index (κ3) is 3.10. The zero-order valence-corrected chi connectivity index (χ0v) is 12.8. The first-order chi connectivity index (χ1) is 10.7. The van der Waals surface area contributed by atoms with Gasteiger partial charge in [-0.2, -0.15) is 0 Å². The molecule has 1 aromatic heterocycles. The highest BCUT2D eigenvalue weighted by Gasteiger charge is 2.27. The van der Waals surface area contributed by atoms with E-state index in [2.05, 4.69) is 22.0 Å². The summed E-state index contributed by atoms with van der Waals surface area (Å²) in [5.41, 5.74) is 2.20. The Kier molecular flexibility index (Phi) is 4.36. The van der Waals surface area contributed by atoms with Gasteiger partial charge in [-0.05, 0) is 24.1 Å². The first-order valence-corrected chi connectivity index (χ1v) is 7.60. The Hall–Kier alpha value is -1.98. The van der Waals surface area contributed by atoms with E-state index in [9.17, 15) is 4.79 Å². The third-order valence-corrected chi connectivity index (χ3v) is 4.38. The van der Waals surface area contributed by atoms with Crippen molar-refractivity contribution >= 4 is 16.8 Å². The predicted octanol–water partition coefficient (Wildman–Crippen LogP) is 1.26. The van der Waals surface area contributed by atoms with E-state index in [0.29, 0.717) is 0 Å². The van der Waals surface area contributed by atoms with Crippen LogP contribution in [0.25, 0.3) is 10.9 Å². The van der Waals surface area contributed by atoms with Crippen molar-refractivity contribution in [3.8, 4) is 0 Å². The summed E-state index contributed by atoms with van der Waals surface area (Å²) in [5, 5.41) is 10.1. The smallest absolute Gasteiger partial charge is 0.248 e. The van der Waals surface area contributed by atoms with Crippen LogP contribution in [0.4, 0.5) is 0 Å². The number of benzene rings is 1. The van der Waals surface area contributed by atoms with E-state index in [1.807, 2.05) is 24.4 Å². The van der Waals surface area contributed by atoms with Crippen molar-refractivity contribution < 1.29 is 9.90 Å². The number of aliphatic hydroxyl groups excluding tert-OH is 1. The lowest BCUT2D eigenvalue weighted by Gasteiger charge is -2.24. The van der Waals surface area contributed by atoms with E-state index in [1.165, 1.54) is 5.56 Å². The van der Waals surface area contributed by atoms with Gasteiger partial charge in [0.1, 0.15) is 6.61 Å². The number of carbonyl (C=O) groups is 1. The van der Waals surface area contributed by atoms with E-state index in [4.69, 9.17) is 5.11 Å². The number of likely N-dealkylation sites (tertiary alicyclic amines) is 1. The molecule has 0 bridgehead atoms. The fourth-order valence-corrected chi connectivity index (χ4v) is 3.05. The number of aliphatic hydroxyl groups is 1. The number of amides is 1. The van der Waals surface area contributed by atoms with Crippen LogP contribution in [-0.4, -0.2) is 58.6 Å². The lowest BCUT2D eigenvalue weighted by atomic mass is 10.1. The van der Waals surface area contributed by atoms with Crippen LogP contribution in [0, 0.1) is 0 Å². The van der Waals surface area contributed by atoms with Crippen LogP contribution in [0.15, 0.2) is 36.5 Å². The van der Waals surface area contributed by atoms with Crippen molar-refractivity contribution in [3.05, 3.63) is 42.1 Å². The number of fused-ring (bicyclic) bond motifs is 1. The number of rotatable bonds is 4. The molecule has 0 radical (unpaired) electrons. The fourth-order valence-electron chi connectivity index (χ4n) is 3.05. The lowest BCUT2D eigenvalue weighted by Crippen LogP contribution is -2.40. The predicted molar refractivity (Wildman–Crippen MR) is 85.3 cm³/mol. The van der Waals surface area contributed by atoms with Gasteiger partial charge in [0, 0.05) is 44.3 Å². The van der Waals surface area contributed by atoms with Crippen LogP contribution >= 0.6 is 0 Å². The van der Waals surface area contributed by atoms with Crippen molar-refractivity contribution in [1.82, 2.24) is 14.8 Å². The Balaban J connectivity index is 1.65. The van der Waals surface area contributed by atoms with E-state index < -0.39 is 6.61 Å². The van der Waals surface area contributed by atoms with Gasteiger partial charge in [-0.25, -0.2) is 0 Å². The van der Waals surface area contributed by atoms with Crippen molar-refractivity contribution in [2.45, 2.75) is 19.0 Å². The minimum absolute atomic E-state index is 0.188. The highest BCUT2D eigenvalue weighted by Crippen LogP contribution is 2.19.